The number of non-ortho nitro benzene ring substituents is 1. The second kappa shape index (κ2) is 11.4. The molecule has 2 N–H and O–H groups in total. The van der Waals surface area contributed by atoms with Crippen molar-refractivity contribution < 1.29 is 14.5 Å². The Morgan fingerprint density at radius 3 is 2.44 bits per heavy atom. The average Bonchev–Trinajstić information content (AvgIpc) is 2.87. The molecule has 1 atom stereocenters. The fourth-order valence-electron chi connectivity index (χ4n) is 3.97. The maximum absolute atomic E-state index is 13.0. The molecule has 4 rings (SSSR count). The zero-order valence-electron chi connectivity index (χ0n) is 18.9. The van der Waals surface area contributed by atoms with Gasteiger partial charge in [0, 0.05) is 50.5 Å². The number of nitro groups is 1. The summed E-state index contributed by atoms with van der Waals surface area (Å²) in [5.74, 6) is -0.372. The Morgan fingerprint density at radius 1 is 1.03 bits per heavy atom. The third kappa shape index (κ3) is 6.40. The van der Waals surface area contributed by atoms with E-state index in [1.54, 1.807) is 6.07 Å². The number of nitrogens with one attached hydrogen (secondary N) is 2. The number of carbonyl (C=O) groups excluding carboxylic acids is 1. The minimum absolute atomic E-state index is 0.127. The van der Waals surface area contributed by atoms with Gasteiger partial charge in [-0.2, -0.15) is 0 Å². The van der Waals surface area contributed by atoms with Crippen molar-refractivity contribution in [1.82, 2.24) is 10.2 Å². The monoisotopic (exact) mass is 460 g/mol. The zero-order valence-corrected chi connectivity index (χ0v) is 18.9. The van der Waals surface area contributed by atoms with E-state index >= 15 is 0 Å². The van der Waals surface area contributed by atoms with E-state index in [1.807, 2.05) is 48.5 Å². The maximum Gasteiger partial charge on any atom is 0.270 e. The van der Waals surface area contributed by atoms with Gasteiger partial charge < -0.3 is 15.4 Å². The van der Waals surface area contributed by atoms with Gasteiger partial charge in [0.25, 0.3) is 11.6 Å². The van der Waals surface area contributed by atoms with Crippen LogP contribution in [-0.2, 0) is 17.8 Å². The van der Waals surface area contributed by atoms with Crippen LogP contribution in [0.3, 0.4) is 0 Å². The molecule has 8 nitrogen and oxygen atoms in total. The molecule has 0 bridgehead atoms. The first-order valence-electron chi connectivity index (χ1n) is 11.3. The third-order valence-corrected chi connectivity index (χ3v) is 5.75. The van der Waals surface area contributed by atoms with Crippen LogP contribution in [0.1, 0.15) is 21.5 Å². The van der Waals surface area contributed by atoms with Crippen molar-refractivity contribution >= 4 is 17.3 Å². The van der Waals surface area contributed by atoms with Crippen molar-refractivity contribution in [2.45, 2.75) is 19.2 Å². The Labute approximate surface area is 198 Å². The highest BCUT2D eigenvalue weighted by atomic mass is 16.6. The van der Waals surface area contributed by atoms with Crippen molar-refractivity contribution in [2.24, 2.45) is 0 Å². The molecule has 1 amide bonds. The highest BCUT2D eigenvalue weighted by Crippen LogP contribution is 2.23. The molecule has 0 aliphatic carbocycles. The van der Waals surface area contributed by atoms with Gasteiger partial charge in [-0.1, -0.05) is 60.7 Å². The summed E-state index contributed by atoms with van der Waals surface area (Å²) in [7, 11) is 0. The number of rotatable bonds is 9. The summed E-state index contributed by atoms with van der Waals surface area (Å²) < 4.78 is 5.85. The van der Waals surface area contributed by atoms with Crippen LogP contribution in [0.5, 0.6) is 0 Å². The van der Waals surface area contributed by atoms with E-state index in [4.69, 9.17) is 4.74 Å². The molecule has 3 aromatic carbocycles. The van der Waals surface area contributed by atoms with E-state index in [0.29, 0.717) is 31.9 Å². The number of hydrogen-bond donors (Lipinski definition) is 2. The number of nitro benzene ring substituents is 1. The number of morpholine rings is 1. The van der Waals surface area contributed by atoms with Crippen LogP contribution in [0.15, 0.2) is 78.9 Å². The molecule has 0 saturated carbocycles. The number of amides is 1. The van der Waals surface area contributed by atoms with Gasteiger partial charge in [0.05, 0.1) is 23.2 Å². The molecule has 0 aromatic heterocycles. The molecule has 1 aliphatic heterocycles. The average molecular weight is 461 g/mol. The highest BCUT2D eigenvalue weighted by Gasteiger charge is 2.23. The number of benzene rings is 3. The fourth-order valence-corrected chi connectivity index (χ4v) is 3.97. The van der Waals surface area contributed by atoms with Crippen molar-refractivity contribution in [1.29, 1.82) is 0 Å². The number of nitrogens with zero attached hydrogens (tertiary/aromatic N) is 2. The van der Waals surface area contributed by atoms with Gasteiger partial charge in [0.2, 0.25) is 0 Å². The quantitative estimate of drug-likeness (QED) is 0.372. The molecule has 1 aliphatic rings. The lowest BCUT2D eigenvalue weighted by molar-refractivity contribution is -0.384. The van der Waals surface area contributed by atoms with Gasteiger partial charge in [-0.05, 0) is 17.2 Å². The van der Waals surface area contributed by atoms with Crippen LogP contribution in [0.25, 0.3) is 0 Å². The number of carbonyl (C=O) groups is 1. The minimum Gasteiger partial charge on any atom is -0.380 e. The number of anilines is 1. The maximum atomic E-state index is 13.0. The molecule has 8 heteroatoms. The summed E-state index contributed by atoms with van der Waals surface area (Å²) in [5.41, 5.74) is 2.93. The summed E-state index contributed by atoms with van der Waals surface area (Å²) >= 11 is 0. The first-order valence-corrected chi connectivity index (χ1v) is 11.3. The van der Waals surface area contributed by atoms with Gasteiger partial charge in [0.1, 0.15) is 0 Å². The van der Waals surface area contributed by atoms with Gasteiger partial charge in [-0.3, -0.25) is 19.8 Å². The molecule has 3 aromatic rings. The van der Waals surface area contributed by atoms with Crippen molar-refractivity contribution in [3.8, 4) is 0 Å². The summed E-state index contributed by atoms with van der Waals surface area (Å²) in [6.45, 7) is 3.77. The van der Waals surface area contributed by atoms with Gasteiger partial charge in [-0.25, -0.2) is 0 Å². The Hall–Kier alpha value is -3.75. The van der Waals surface area contributed by atoms with Crippen LogP contribution < -0.4 is 10.6 Å². The van der Waals surface area contributed by atoms with Crippen molar-refractivity contribution in [3.05, 3.63) is 106 Å². The van der Waals surface area contributed by atoms with Crippen LogP contribution in [0.2, 0.25) is 0 Å². The predicted octanol–water partition coefficient (Wildman–Crippen LogP) is 3.84. The van der Waals surface area contributed by atoms with Crippen LogP contribution in [-0.4, -0.2) is 48.1 Å². The molecular formula is C26H28N4O4. The zero-order chi connectivity index (χ0) is 23.8. The molecule has 34 heavy (non-hydrogen) atoms. The Morgan fingerprint density at radius 2 is 1.74 bits per heavy atom. The first kappa shape index (κ1) is 23.4. The lowest BCUT2D eigenvalue weighted by atomic mass is 10.1. The summed E-state index contributed by atoms with van der Waals surface area (Å²) in [5, 5.41) is 17.4. The normalized spacial score (nSPS) is 16.1. The molecule has 1 saturated heterocycles. The molecular weight excluding hydrogens is 432 g/mol. The molecule has 0 radical (unpaired) electrons. The van der Waals surface area contributed by atoms with E-state index in [0.717, 1.165) is 18.7 Å². The largest absolute Gasteiger partial charge is 0.380 e. The Kier molecular flexibility index (Phi) is 7.85. The smallest absolute Gasteiger partial charge is 0.270 e. The van der Waals surface area contributed by atoms with Crippen molar-refractivity contribution in [2.75, 3.05) is 31.6 Å². The fraction of sp³-hybridized carbons (Fsp3) is 0.269. The minimum atomic E-state index is -0.497. The lowest BCUT2D eigenvalue weighted by Gasteiger charge is -2.33. The van der Waals surface area contributed by atoms with Crippen molar-refractivity contribution in [3.63, 3.8) is 0 Å². The number of ether oxygens (including phenoxy) is 1. The van der Waals surface area contributed by atoms with E-state index in [-0.39, 0.29) is 23.3 Å². The van der Waals surface area contributed by atoms with E-state index in [9.17, 15) is 14.9 Å². The first-order chi connectivity index (χ1) is 16.6. The topological polar surface area (TPSA) is 96.7 Å². The molecule has 1 unspecified atom stereocenters. The standard InChI is InChI=1S/C26H28N4O4/c31-26(28-17-23-19-29(13-14-34-23)18-21-9-5-2-6-10-21)24-15-22(30(32)33)11-12-25(24)27-16-20-7-3-1-4-8-20/h1-12,15,23,27H,13-14,16-19H2,(H,28,31). The lowest BCUT2D eigenvalue weighted by Crippen LogP contribution is -2.47. The van der Waals surface area contributed by atoms with Crippen LogP contribution >= 0.6 is 0 Å². The summed E-state index contributed by atoms with van der Waals surface area (Å²) in [6.07, 6.45) is -0.152. The predicted molar refractivity (Wildman–Crippen MR) is 131 cm³/mol. The summed E-state index contributed by atoms with van der Waals surface area (Å²) in [6, 6.07) is 24.3. The van der Waals surface area contributed by atoms with Crippen LogP contribution in [0.4, 0.5) is 11.4 Å². The SMILES string of the molecule is O=C(NCC1CN(Cc2ccccc2)CCO1)c1cc([N+](=O)[O-])ccc1NCc1ccccc1. The molecule has 1 fully saturated rings. The van der Waals surface area contributed by atoms with E-state index in [1.165, 1.54) is 17.7 Å². The van der Waals surface area contributed by atoms with E-state index < -0.39 is 4.92 Å². The number of hydrogen-bond acceptors (Lipinski definition) is 6. The molecule has 0 spiro atoms. The van der Waals surface area contributed by atoms with Crippen LogP contribution in [0, 0.1) is 10.1 Å². The third-order valence-electron chi connectivity index (χ3n) is 5.75. The Balaban J connectivity index is 1.39. The summed E-state index contributed by atoms with van der Waals surface area (Å²) in [4.78, 5) is 26.1. The Bertz CT molecular complexity index is 1110. The highest BCUT2D eigenvalue weighted by molar-refractivity contribution is 6.00. The van der Waals surface area contributed by atoms with Gasteiger partial charge in [0.15, 0.2) is 0 Å². The second-order valence-electron chi connectivity index (χ2n) is 8.25. The molecule has 176 valence electrons. The van der Waals surface area contributed by atoms with E-state index in [2.05, 4.69) is 27.7 Å². The van der Waals surface area contributed by atoms with Gasteiger partial charge in [-0.15, -0.1) is 0 Å². The molecule has 1 heterocycles. The second-order valence-corrected chi connectivity index (χ2v) is 8.25. The van der Waals surface area contributed by atoms with Gasteiger partial charge >= 0.3 is 0 Å².